The fourth-order valence-corrected chi connectivity index (χ4v) is 2.53. The summed E-state index contributed by atoms with van der Waals surface area (Å²) in [7, 11) is 0. The predicted molar refractivity (Wildman–Crippen MR) is 82.2 cm³/mol. The molecular formula is C10H16N2OS4V. The first-order valence-corrected chi connectivity index (χ1v) is 7.16. The molecule has 0 unspecified atom stereocenters. The van der Waals surface area contributed by atoms with E-state index in [0.717, 1.165) is 26.2 Å². The van der Waals surface area contributed by atoms with Crippen molar-refractivity contribution in [1.82, 2.24) is 9.80 Å². The van der Waals surface area contributed by atoms with E-state index in [2.05, 4.69) is 9.80 Å². The summed E-state index contributed by atoms with van der Waals surface area (Å²) in [5.41, 5.74) is 0. The molecule has 3 nitrogen and oxygen atoms in total. The Labute approximate surface area is 143 Å². The Balaban J connectivity index is 0. The van der Waals surface area contributed by atoms with Crippen LogP contribution in [0.25, 0.3) is 0 Å². The van der Waals surface area contributed by atoms with E-state index < -0.39 is 0 Å². The molecule has 0 aromatic heterocycles. The summed E-state index contributed by atoms with van der Waals surface area (Å²) in [6, 6.07) is 0. The zero-order chi connectivity index (χ0) is 12.0. The molecule has 2 aliphatic heterocycles. The molecule has 2 fully saturated rings. The van der Waals surface area contributed by atoms with Crippen molar-refractivity contribution in [2.45, 2.75) is 25.7 Å². The van der Waals surface area contributed by atoms with Gasteiger partial charge in [-0.1, -0.05) is 8.64 Å². The average molecular weight is 359 g/mol. The van der Waals surface area contributed by atoms with Gasteiger partial charge in [-0.2, -0.15) is 0 Å². The van der Waals surface area contributed by atoms with Crippen molar-refractivity contribution in [2.75, 3.05) is 26.2 Å². The Bertz CT molecular complexity index is 230. The molecule has 0 atom stereocenters. The van der Waals surface area contributed by atoms with Crippen molar-refractivity contribution in [3.63, 3.8) is 0 Å². The number of nitrogens with zero attached hydrogens (tertiary/aromatic N) is 2. The Kier molecular flexibility index (Phi) is 13.6. The van der Waals surface area contributed by atoms with Gasteiger partial charge in [-0.15, -0.1) is 0 Å². The van der Waals surface area contributed by atoms with Crippen LogP contribution in [0, 0.1) is 0 Å². The first kappa shape index (κ1) is 21.1. The average Bonchev–Trinajstić information content (AvgIpc) is 2.93. The molecular weight excluding hydrogens is 343 g/mol. The maximum absolute atomic E-state index is 4.80. The van der Waals surface area contributed by atoms with E-state index in [1.165, 1.54) is 25.7 Å². The van der Waals surface area contributed by atoms with Gasteiger partial charge in [0.1, 0.15) is 0 Å². The summed E-state index contributed by atoms with van der Waals surface area (Å²) in [5, 5.41) is 0. The number of thiocarbonyl (C=S) groups is 2. The molecule has 2 heterocycles. The Hall–Kier alpha value is 0.764. The summed E-state index contributed by atoms with van der Waals surface area (Å²) >= 11 is 19.2. The van der Waals surface area contributed by atoms with Gasteiger partial charge in [0.15, 0.2) is 0 Å². The largest absolute Gasteiger partial charge is 4.00 e. The van der Waals surface area contributed by atoms with E-state index in [1.807, 2.05) is 0 Å². The van der Waals surface area contributed by atoms with Crippen LogP contribution in [0.15, 0.2) is 0 Å². The second-order valence-electron chi connectivity index (χ2n) is 3.92. The van der Waals surface area contributed by atoms with Crippen LogP contribution in [0.5, 0.6) is 0 Å². The Morgan fingerprint density at radius 3 is 1.06 bits per heavy atom. The topological polar surface area (TPSA) is 35.0 Å². The molecule has 2 saturated heterocycles. The molecule has 101 valence electrons. The maximum atomic E-state index is 4.80. The molecule has 18 heavy (non-hydrogen) atoms. The van der Waals surface area contributed by atoms with E-state index in [0.29, 0.717) is 8.64 Å². The van der Waals surface area contributed by atoms with Crippen LogP contribution in [-0.4, -0.2) is 44.6 Å². The number of hydrogen-bond acceptors (Lipinski definition) is 4. The van der Waals surface area contributed by atoms with Crippen LogP contribution >= 0.6 is 24.4 Å². The zero-order valence-electron chi connectivity index (χ0n) is 10.0. The van der Waals surface area contributed by atoms with E-state index in [9.17, 15) is 0 Å². The standard InChI is InChI=1S/2C5H9NS2.O.V/c2*7-5(8)6-3-1-2-4-6;;/h2*1-4H2,(H,7,8);;/q;;-2;+4/p-2. The fraction of sp³-hybridized carbons (Fsp3) is 0.800. The quantitative estimate of drug-likeness (QED) is 0.484. The molecule has 0 spiro atoms. The molecule has 0 amide bonds. The fourth-order valence-electron chi connectivity index (χ4n) is 1.80. The van der Waals surface area contributed by atoms with Gasteiger partial charge in [0, 0.05) is 26.2 Å². The molecule has 0 bridgehead atoms. The Morgan fingerprint density at radius 1 is 0.722 bits per heavy atom. The second-order valence-corrected chi connectivity index (χ2v) is 5.98. The van der Waals surface area contributed by atoms with Gasteiger partial charge in [0.05, 0.1) is 0 Å². The van der Waals surface area contributed by atoms with Gasteiger partial charge in [-0.25, -0.2) is 0 Å². The first-order valence-electron chi connectivity index (χ1n) is 5.53. The molecule has 0 aliphatic carbocycles. The zero-order valence-corrected chi connectivity index (χ0v) is 14.7. The number of rotatable bonds is 0. The minimum Gasteiger partial charge on any atom is -2.00 e. The van der Waals surface area contributed by atoms with Crippen LogP contribution in [0.4, 0.5) is 0 Å². The molecule has 8 heteroatoms. The minimum absolute atomic E-state index is 0. The van der Waals surface area contributed by atoms with E-state index in [4.69, 9.17) is 49.7 Å². The third-order valence-electron chi connectivity index (χ3n) is 2.73. The number of hydrogen-bond donors (Lipinski definition) is 0. The third-order valence-corrected chi connectivity index (χ3v) is 3.76. The predicted octanol–water partition coefficient (Wildman–Crippen LogP) is 1.71. The molecule has 2 aliphatic rings. The monoisotopic (exact) mass is 359 g/mol. The third kappa shape index (κ3) is 8.04. The van der Waals surface area contributed by atoms with Crippen LogP contribution in [0.3, 0.4) is 0 Å². The molecule has 0 aromatic rings. The second kappa shape index (κ2) is 11.6. The van der Waals surface area contributed by atoms with E-state index in [-0.39, 0.29) is 24.0 Å². The van der Waals surface area contributed by atoms with Gasteiger partial charge in [0.2, 0.25) is 0 Å². The van der Waals surface area contributed by atoms with Crippen molar-refractivity contribution in [3.8, 4) is 0 Å². The smallest absolute Gasteiger partial charge is 2.00 e. The molecule has 2 rings (SSSR count). The Morgan fingerprint density at radius 2 is 0.944 bits per heavy atom. The summed E-state index contributed by atoms with van der Waals surface area (Å²) < 4.78 is 1.28. The van der Waals surface area contributed by atoms with Gasteiger partial charge in [-0.05, 0) is 25.7 Å². The van der Waals surface area contributed by atoms with Crippen molar-refractivity contribution in [3.05, 3.63) is 0 Å². The number of likely N-dealkylation sites (tertiary alicyclic amines) is 2. The molecule has 0 aromatic carbocycles. The van der Waals surface area contributed by atoms with Crippen LogP contribution < -0.4 is 0 Å². The van der Waals surface area contributed by atoms with Gasteiger partial charge < -0.3 is 65.0 Å². The molecule has 0 N–H and O–H groups in total. The molecule has 0 saturated carbocycles. The molecule has 1 radical (unpaired) electrons. The van der Waals surface area contributed by atoms with Gasteiger partial charge >= 0.3 is 18.6 Å². The van der Waals surface area contributed by atoms with Crippen LogP contribution in [0.1, 0.15) is 25.7 Å². The van der Waals surface area contributed by atoms with Crippen LogP contribution in [-0.2, 0) is 49.3 Å². The first-order chi connectivity index (χ1) is 7.61. The normalized spacial score (nSPS) is 17.1. The van der Waals surface area contributed by atoms with E-state index in [1.54, 1.807) is 0 Å². The summed E-state index contributed by atoms with van der Waals surface area (Å²) in [5.74, 6) is 0. The summed E-state index contributed by atoms with van der Waals surface area (Å²) in [4.78, 5) is 4.15. The van der Waals surface area contributed by atoms with Crippen molar-refractivity contribution in [2.24, 2.45) is 0 Å². The maximum Gasteiger partial charge on any atom is 4.00 e. The van der Waals surface area contributed by atoms with E-state index >= 15 is 0 Å². The summed E-state index contributed by atoms with van der Waals surface area (Å²) in [6.07, 6.45) is 5.04. The van der Waals surface area contributed by atoms with Crippen molar-refractivity contribution >= 4 is 58.3 Å². The summed E-state index contributed by atoms with van der Waals surface area (Å²) in [6.45, 7) is 4.34. The van der Waals surface area contributed by atoms with Gasteiger partial charge in [-0.3, -0.25) is 0 Å². The van der Waals surface area contributed by atoms with Gasteiger partial charge in [0.25, 0.3) is 0 Å². The van der Waals surface area contributed by atoms with Crippen LogP contribution in [0.2, 0.25) is 0 Å². The SMILES string of the molecule is S=C([S-])N1CCCC1.S=C([S-])N1CCCC1.[O-2].[V+4]. The minimum atomic E-state index is 0. The van der Waals surface area contributed by atoms with Crippen molar-refractivity contribution < 1.29 is 24.0 Å². The van der Waals surface area contributed by atoms with Crippen molar-refractivity contribution in [1.29, 1.82) is 0 Å².